The SMILES string of the molecule is Cc1ccc(OCCCn2cc(C=O)c3cc(F)ccc32)cc1. The van der Waals surface area contributed by atoms with Crippen LogP contribution in [0, 0.1) is 12.7 Å². The third-order valence-electron chi connectivity index (χ3n) is 3.83. The maximum Gasteiger partial charge on any atom is 0.152 e. The molecule has 23 heavy (non-hydrogen) atoms. The first-order valence-corrected chi connectivity index (χ1v) is 7.60. The standard InChI is InChI=1S/C19H18FNO2/c1-14-3-6-17(7-4-14)23-10-2-9-21-12-15(13-22)18-11-16(20)5-8-19(18)21/h3-8,11-13H,2,9-10H2,1H3. The van der Waals surface area contributed by atoms with Crippen LogP contribution in [0.2, 0.25) is 0 Å². The van der Waals surface area contributed by atoms with Gasteiger partial charge in [0, 0.05) is 29.2 Å². The lowest BCUT2D eigenvalue weighted by Crippen LogP contribution is -2.03. The Kier molecular flexibility index (Phi) is 4.42. The first kappa shape index (κ1) is 15.3. The van der Waals surface area contributed by atoms with Crippen molar-refractivity contribution in [2.75, 3.05) is 6.61 Å². The Bertz CT molecular complexity index is 821. The monoisotopic (exact) mass is 311 g/mol. The molecule has 118 valence electrons. The average Bonchev–Trinajstić information content (AvgIpc) is 2.90. The molecule has 0 saturated heterocycles. The van der Waals surface area contributed by atoms with E-state index in [9.17, 15) is 9.18 Å². The molecule has 0 fully saturated rings. The molecule has 0 radical (unpaired) electrons. The second kappa shape index (κ2) is 6.65. The van der Waals surface area contributed by atoms with Crippen LogP contribution in [0.25, 0.3) is 10.9 Å². The number of hydrogen-bond acceptors (Lipinski definition) is 2. The quantitative estimate of drug-likeness (QED) is 0.500. The topological polar surface area (TPSA) is 31.2 Å². The largest absolute Gasteiger partial charge is 0.494 e. The van der Waals surface area contributed by atoms with Crippen molar-refractivity contribution in [1.82, 2.24) is 4.57 Å². The number of benzene rings is 2. The molecule has 1 aromatic heterocycles. The van der Waals surface area contributed by atoms with Gasteiger partial charge < -0.3 is 9.30 Å². The van der Waals surface area contributed by atoms with E-state index in [-0.39, 0.29) is 5.82 Å². The average molecular weight is 311 g/mol. The van der Waals surface area contributed by atoms with Crippen LogP contribution in [0.3, 0.4) is 0 Å². The van der Waals surface area contributed by atoms with Gasteiger partial charge in [-0.15, -0.1) is 0 Å². The molecule has 2 aromatic carbocycles. The predicted molar refractivity (Wildman–Crippen MR) is 88.6 cm³/mol. The van der Waals surface area contributed by atoms with Crippen molar-refractivity contribution in [3.05, 3.63) is 65.6 Å². The second-order valence-corrected chi connectivity index (χ2v) is 5.57. The van der Waals surface area contributed by atoms with E-state index in [4.69, 9.17) is 4.74 Å². The normalized spacial score (nSPS) is 10.9. The number of aromatic nitrogens is 1. The first-order chi connectivity index (χ1) is 11.2. The van der Waals surface area contributed by atoms with Crippen LogP contribution in [0.4, 0.5) is 4.39 Å². The smallest absolute Gasteiger partial charge is 0.152 e. The lowest BCUT2D eigenvalue weighted by molar-refractivity contribution is 0.112. The van der Waals surface area contributed by atoms with E-state index >= 15 is 0 Å². The van der Waals surface area contributed by atoms with Crippen LogP contribution in [0.15, 0.2) is 48.7 Å². The molecule has 0 bridgehead atoms. The van der Waals surface area contributed by atoms with Gasteiger partial charge in [-0.25, -0.2) is 4.39 Å². The highest BCUT2D eigenvalue weighted by atomic mass is 19.1. The number of ether oxygens (including phenoxy) is 1. The molecule has 0 N–H and O–H groups in total. The minimum absolute atomic E-state index is 0.332. The third-order valence-corrected chi connectivity index (χ3v) is 3.83. The van der Waals surface area contributed by atoms with Gasteiger partial charge in [-0.1, -0.05) is 17.7 Å². The first-order valence-electron chi connectivity index (χ1n) is 7.60. The summed E-state index contributed by atoms with van der Waals surface area (Å²) >= 11 is 0. The molecule has 0 aliphatic rings. The summed E-state index contributed by atoms with van der Waals surface area (Å²) in [6, 6.07) is 12.5. The minimum atomic E-state index is -0.332. The number of fused-ring (bicyclic) bond motifs is 1. The van der Waals surface area contributed by atoms with Gasteiger partial charge >= 0.3 is 0 Å². The van der Waals surface area contributed by atoms with Gasteiger partial charge in [-0.2, -0.15) is 0 Å². The summed E-state index contributed by atoms with van der Waals surface area (Å²) in [6.45, 7) is 3.33. The molecular weight excluding hydrogens is 293 g/mol. The molecule has 1 heterocycles. The number of hydrogen-bond donors (Lipinski definition) is 0. The summed E-state index contributed by atoms with van der Waals surface area (Å²) in [6.07, 6.45) is 3.33. The number of carbonyl (C=O) groups is 1. The van der Waals surface area contributed by atoms with Crippen molar-refractivity contribution in [1.29, 1.82) is 0 Å². The Hall–Kier alpha value is -2.62. The molecule has 4 heteroatoms. The summed E-state index contributed by atoms with van der Waals surface area (Å²) in [7, 11) is 0. The molecule has 3 aromatic rings. The number of halogens is 1. The van der Waals surface area contributed by atoms with Crippen molar-refractivity contribution >= 4 is 17.2 Å². The predicted octanol–water partition coefficient (Wildman–Crippen LogP) is 4.37. The highest BCUT2D eigenvalue weighted by Gasteiger charge is 2.08. The summed E-state index contributed by atoms with van der Waals surface area (Å²) in [5.74, 6) is 0.518. The van der Waals surface area contributed by atoms with E-state index in [0.717, 1.165) is 24.0 Å². The molecule has 0 aliphatic heterocycles. The molecule has 0 saturated carbocycles. The van der Waals surface area contributed by atoms with Crippen molar-refractivity contribution in [2.24, 2.45) is 0 Å². The molecule has 0 amide bonds. The summed E-state index contributed by atoms with van der Waals surface area (Å²) in [4.78, 5) is 11.1. The lowest BCUT2D eigenvalue weighted by Gasteiger charge is -2.08. The van der Waals surface area contributed by atoms with Crippen LogP contribution in [0.1, 0.15) is 22.3 Å². The third kappa shape index (κ3) is 3.42. The Morgan fingerprint density at radius 2 is 1.96 bits per heavy atom. The Balaban J connectivity index is 1.65. The van der Waals surface area contributed by atoms with Crippen molar-refractivity contribution in [3.8, 4) is 5.75 Å². The highest BCUT2D eigenvalue weighted by Crippen LogP contribution is 2.22. The number of rotatable bonds is 6. The molecule has 0 aliphatic carbocycles. The van der Waals surface area contributed by atoms with E-state index in [1.165, 1.54) is 17.7 Å². The minimum Gasteiger partial charge on any atom is -0.494 e. The maximum atomic E-state index is 13.3. The van der Waals surface area contributed by atoms with Crippen LogP contribution in [0.5, 0.6) is 5.75 Å². The summed E-state index contributed by atoms with van der Waals surface area (Å²) in [5, 5.41) is 0.652. The zero-order valence-electron chi connectivity index (χ0n) is 13.0. The van der Waals surface area contributed by atoms with Crippen molar-refractivity contribution in [3.63, 3.8) is 0 Å². The van der Waals surface area contributed by atoms with Crippen LogP contribution in [-0.2, 0) is 6.54 Å². The fourth-order valence-electron chi connectivity index (χ4n) is 2.64. The van der Waals surface area contributed by atoms with E-state index in [1.54, 1.807) is 12.3 Å². The summed E-state index contributed by atoms with van der Waals surface area (Å²) in [5.41, 5.74) is 2.58. The lowest BCUT2D eigenvalue weighted by atomic mass is 10.2. The van der Waals surface area contributed by atoms with E-state index < -0.39 is 0 Å². The van der Waals surface area contributed by atoms with Crippen LogP contribution < -0.4 is 4.74 Å². The fourth-order valence-corrected chi connectivity index (χ4v) is 2.64. The molecular formula is C19H18FNO2. The number of nitrogens with zero attached hydrogens (tertiary/aromatic N) is 1. The second-order valence-electron chi connectivity index (χ2n) is 5.57. The van der Waals surface area contributed by atoms with Gasteiger partial charge in [0.25, 0.3) is 0 Å². The van der Waals surface area contributed by atoms with Gasteiger partial charge in [-0.3, -0.25) is 4.79 Å². The van der Waals surface area contributed by atoms with Gasteiger partial charge in [0.15, 0.2) is 6.29 Å². The van der Waals surface area contributed by atoms with E-state index in [1.807, 2.05) is 35.8 Å². The van der Waals surface area contributed by atoms with E-state index in [2.05, 4.69) is 0 Å². The molecule has 0 spiro atoms. The molecule has 3 nitrogen and oxygen atoms in total. The van der Waals surface area contributed by atoms with Gasteiger partial charge in [0.1, 0.15) is 11.6 Å². The Morgan fingerprint density at radius 3 is 2.70 bits per heavy atom. The number of aldehydes is 1. The Morgan fingerprint density at radius 1 is 1.17 bits per heavy atom. The molecule has 0 atom stereocenters. The molecule has 0 unspecified atom stereocenters. The van der Waals surface area contributed by atoms with Crippen LogP contribution in [-0.4, -0.2) is 17.5 Å². The summed E-state index contributed by atoms with van der Waals surface area (Å²) < 4.78 is 21.0. The molecule has 3 rings (SSSR count). The zero-order valence-corrected chi connectivity index (χ0v) is 13.0. The van der Waals surface area contributed by atoms with Gasteiger partial charge in [0.05, 0.1) is 6.61 Å². The highest BCUT2D eigenvalue weighted by molar-refractivity contribution is 5.97. The van der Waals surface area contributed by atoms with Gasteiger partial charge in [-0.05, 0) is 43.7 Å². The zero-order chi connectivity index (χ0) is 16.2. The Labute approximate surface area is 134 Å². The van der Waals surface area contributed by atoms with E-state index in [0.29, 0.717) is 24.1 Å². The van der Waals surface area contributed by atoms with Crippen LogP contribution >= 0.6 is 0 Å². The fraction of sp³-hybridized carbons (Fsp3) is 0.211. The number of carbonyl (C=O) groups excluding carboxylic acids is 1. The van der Waals surface area contributed by atoms with Gasteiger partial charge in [0.2, 0.25) is 0 Å². The maximum absolute atomic E-state index is 13.3. The van der Waals surface area contributed by atoms with Crippen molar-refractivity contribution < 1.29 is 13.9 Å². The number of aryl methyl sites for hydroxylation is 2. The van der Waals surface area contributed by atoms with Crippen molar-refractivity contribution in [2.45, 2.75) is 19.9 Å².